The van der Waals surface area contributed by atoms with Crippen molar-refractivity contribution in [1.82, 2.24) is 0 Å². The monoisotopic (exact) mass is 190 g/mol. The summed E-state index contributed by atoms with van der Waals surface area (Å²) in [6.07, 6.45) is 0.699. The van der Waals surface area contributed by atoms with Gasteiger partial charge in [0.1, 0.15) is 6.29 Å². The zero-order valence-electron chi connectivity index (χ0n) is 7.20. The molecule has 1 N–H and O–H groups in total. The summed E-state index contributed by atoms with van der Waals surface area (Å²) in [6, 6.07) is 7.41. The number of aldehydes is 1. The Morgan fingerprint density at radius 3 is 2.71 bits per heavy atom. The number of benzene rings is 2. The van der Waals surface area contributed by atoms with Crippen LogP contribution >= 0.6 is 0 Å². The first-order valence-corrected chi connectivity index (χ1v) is 4.09. The largest absolute Gasteiger partial charge is 0.505 e. The van der Waals surface area contributed by atoms with Gasteiger partial charge in [-0.2, -0.15) is 0 Å². The van der Waals surface area contributed by atoms with Crippen molar-refractivity contribution in [3.8, 4) is 5.75 Å². The van der Waals surface area contributed by atoms with Crippen molar-refractivity contribution in [2.45, 2.75) is 0 Å². The van der Waals surface area contributed by atoms with E-state index >= 15 is 0 Å². The first-order valence-electron chi connectivity index (χ1n) is 4.09. The molecule has 0 aliphatic heterocycles. The molecule has 0 saturated carbocycles. The lowest BCUT2D eigenvalue weighted by molar-refractivity contribution is 0.112. The molecule has 0 aliphatic rings. The Balaban J connectivity index is 2.81. The Labute approximate surface area is 79.6 Å². The molecule has 2 aromatic rings. The lowest BCUT2D eigenvalue weighted by Crippen LogP contribution is -1.84. The molecule has 0 aromatic heterocycles. The average molecular weight is 190 g/mol. The number of rotatable bonds is 1. The summed E-state index contributed by atoms with van der Waals surface area (Å²) in [5.74, 6) is -1.03. The summed E-state index contributed by atoms with van der Waals surface area (Å²) in [6.45, 7) is 0. The van der Waals surface area contributed by atoms with Gasteiger partial charge in [0, 0.05) is 10.9 Å². The Morgan fingerprint density at radius 2 is 2.00 bits per heavy atom. The van der Waals surface area contributed by atoms with E-state index in [1.54, 1.807) is 12.1 Å². The molecule has 0 unspecified atom stereocenters. The second-order valence-corrected chi connectivity index (χ2v) is 3.00. The van der Waals surface area contributed by atoms with Gasteiger partial charge in [0.15, 0.2) is 11.6 Å². The van der Waals surface area contributed by atoms with Crippen molar-refractivity contribution in [1.29, 1.82) is 0 Å². The van der Waals surface area contributed by atoms with Crippen molar-refractivity contribution >= 4 is 17.1 Å². The molecule has 14 heavy (non-hydrogen) atoms. The second-order valence-electron chi connectivity index (χ2n) is 3.00. The maximum Gasteiger partial charge on any atom is 0.172 e. The molecule has 70 valence electrons. The van der Waals surface area contributed by atoms with Crippen molar-refractivity contribution in [2.75, 3.05) is 0 Å². The van der Waals surface area contributed by atoms with Crippen LogP contribution in [-0.2, 0) is 0 Å². The van der Waals surface area contributed by atoms with Gasteiger partial charge >= 0.3 is 0 Å². The highest BCUT2D eigenvalue weighted by Crippen LogP contribution is 2.25. The van der Waals surface area contributed by atoms with Gasteiger partial charge in [-0.15, -0.1) is 0 Å². The van der Waals surface area contributed by atoms with E-state index in [9.17, 15) is 9.18 Å². The highest BCUT2D eigenvalue weighted by atomic mass is 19.1. The number of carbonyl (C=O) groups is 1. The van der Waals surface area contributed by atoms with Gasteiger partial charge in [-0.05, 0) is 17.5 Å². The maximum atomic E-state index is 13.3. The predicted molar refractivity (Wildman–Crippen MR) is 51.0 cm³/mol. The van der Waals surface area contributed by atoms with Crippen LogP contribution < -0.4 is 0 Å². The van der Waals surface area contributed by atoms with Crippen LogP contribution in [0.3, 0.4) is 0 Å². The third kappa shape index (κ3) is 1.23. The lowest BCUT2D eigenvalue weighted by Gasteiger charge is -2.01. The van der Waals surface area contributed by atoms with Crippen LogP contribution in [0.1, 0.15) is 10.4 Å². The van der Waals surface area contributed by atoms with E-state index in [2.05, 4.69) is 0 Å². The number of hydrogen-bond donors (Lipinski definition) is 1. The molecule has 0 aliphatic carbocycles. The van der Waals surface area contributed by atoms with Gasteiger partial charge in [0.25, 0.3) is 0 Å². The Kier molecular flexibility index (Phi) is 1.93. The van der Waals surface area contributed by atoms with E-state index in [0.29, 0.717) is 22.6 Å². The molecule has 0 atom stereocenters. The maximum absolute atomic E-state index is 13.3. The molecule has 0 heterocycles. The van der Waals surface area contributed by atoms with Gasteiger partial charge in [-0.25, -0.2) is 4.39 Å². The molecular weight excluding hydrogens is 183 g/mol. The highest BCUT2D eigenvalue weighted by Gasteiger charge is 2.05. The second kappa shape index (κ2) is 3.10. The smallest absolute Gasteiger partial charge is 0.172 e. The fourth-order valence-electron chi connectivity index (χ4n) is 1.37. The Morgan fingerprint density at radius 1 is 1.21 bits per heavy atom. The van der Waals surface area contributed by atoms with Gasteiger partial charge in [0.2, 0.25) is 0 Å². The van der Waals surface area contributed by atoms with Crippen LogP contribution in [0.15, 0.2) is 30.3 Å². The third-order valence-corrected chi connectivity index (χ3v) is 2.09. The predicted octanol–water partition coefficient (Wildman–Crippen LogP) is 2.50. The number of fused-ring (bicyclic) bond motifs is 1. The van der Waals surface area contributed by atoms with Crippen LogP contribution in [0.2, 0.25) is 0 Å². The fourth-order valence-corrected chi connectivity index (χ4v) is 1.37. The minimum absolute atomic E-state index is 0.315. The number of hydrogen-bond acceptors (Lipinski definition) is 2. The van der Waals surface area contributed by atoms with Crippen molar-refractivity contribution in [3.63, 3.8) is 0 Å². The normalized spacial score (nSPS) is 10.4. The van der Waals surface area contributed by atoms with Crippen LogP contribution in [-0.4, -0.2) is 11.4 Å². The topological polar surface area (TPSA) is 37.3 Å². The lowest BCUT2D eigenvalue weighted by atomic mass is 10.1. The van der Waals surface area contributed by atoms with Crippen LogP contribution in [0.25, 0.3) is 10.8 Å². The van der Waals surface area contributed by atoms with E-state index in [-0.39, 0.29) is 5.75 Å². The molecule has 2 rings (SSSR count). The van der Waals surface area contributed by atoms with Gasteiger partial charge in [-0.1, -0.05) is 18.2 Å². The number of phenols is 1. The standard InChI is InChI=1S/C11H7FO2/c12-11-9-3-1-7(6-13)5-8(9)2-4-10(11)14/h1-6,14H. The van der Waals surface area contributed by atoms with Crippen molar-refractivity contribution in [2.24, 2.45) is 0 Å². The van der Waals surface area contributed by atoms with Crippen LogP contribution in [0.4, 0.5) is 4.39 Å². The number of aromatic hydroxyl groups is 1. The van der Waals surface area contributed by atoms with Gasteiger partial charge in [0.05, 0.1) is 0 Å². The molecule has 0 bridgehead atoms. The summed E-state index contributed by atoms with van der Waals surface area (Å²) < 4.78 is 13.3. The zero-order valence-corrected chi connectivity index (χ0v) is 7.20. The van der Waals surface area contributed by atoms with E-state index in [1.165, 1.54) is 18.2 Å². The van der Waals surface area contributed by atoms with E-state index in [1.807, 2.05) is 0 Å². The number of halogens is 1. The molecule has 0 radical (unpaired) electrons. The molecule has 2 aromatic carbocycles. The van der Waals surface area contributed by atoms with E-state index in [4.69, 9.17) is 5.11 Å². The Hall–Kier alpha value is -1.90. The van der Waals surface area contributed by atoms with Gasteiger partial charge < -0.3 is 5.11 Å². The molecular formula is C11H7FO2. The quantitative estimate of drug-likeness (QED) is 0.701. The molecule has 0 fully saturated rings. The summed E-state index contributed by atoms with van der Waals surface area (Å²) in [4.78, 5) is 10.5. The summed E-state index contributed by atoms with van der Waals surface area (Å²) in [5.41, 5.74) is 0.489. The van der Waals surface area contributed by atoms with Crippen LogP contribution in [0.5, 0.6) is 5.75 Å². The third-order valence-electron chi connectivity index (χ3n) is 2.09. The van der Waals surface area contributed by atoms with E-state index in [0.717, 1.165) is 0 Å². The number of phenolic OH excluding ortho intramolecular Hbond substituents is 1. The molecule has 0 saturated heterocycles. The SMILES string of the molecule is O=Cc1ccc2c(F)c(O)ccc2c1. The summed E-state index contributed by atoms with van der Waals surface area (Å²) in [5, 5.41) is 10.0. The fraction of sp³-hybridized carbons (Fsp3) is 0. The van der Waals surface area contributed by atoms with Crippen molar-refractivity contribution in [3.05, 3.63) is 41.7 Å². The average Bonchev–Trinajstić information content (AvgIpc) is 2.23. The first kappa shape index (κ1) is 8.69. The molecule has 3 heteroatoms. The summed E-state index contributed by atoms with van der Waals surface area (Å²) in [7, 11) is 0. The molecule has 0 spiro atoms. The minimum atomic E-state index is -0.653. The number of carbonyl (C=O) groups excluding carboxylic acids is 1. The van der Waals surface area contributed by atoms with Gasteiger partial charge in [-0.3, -0.25) is 4.79 Å². The highest BCUT2D eigenvalue weighted by molar-refractivity contribution is 5.90. The van der Waals surface area contributed by atoms with E-state index < -0.39 is 5.82 Å². The minimum Gasteiger partial charge on any atom is -0.505 e. The zero-order chi connectivity index (χ0) is 10.1. The summed E-state index contributed by atoms with van der Waals surface area (Å²) >= 11 is 0. The van der Waals surface area contributed by atoms with Crippen LogP contribution in [0, 0.1) is 5.82 Å². The Bertz CT molecular complexity index is 506. The molecule has 2 nitrogen and oxygen atoms in total. The first-order chi connectivity index (χ1) is 6.72. The molecule has 0 amide bonds. The van der Waals surface area contributed by atoms with Crippen molar-refractivity contribution < 1.29 is 14.3 Å².